The van der Waals surface area contributed by atoms with Gasteiger partial charge in [-0.3, -0.25) is 24.6 Å². The summed E-state index contributed by atoms with van der Waals surface area (Å²) in [6, 6.07) is 3.60. The minimum atomic E-state index is -0.619. The molecular weight excluding hydrogens is 326 g/mol. The van der Waals surface area contributed by atoms with E-state index in [2.05, 4.69) is 5.32 Å². The number of rotatable bonds is 5. The van der Waals surface area contributed by atoms with Crippen LogP contribution < -0.4 is 5.32 Å². The Balaban J connectivity index is 2.01. The minimum absolute atomic E-state index is 0.00158. The van der Waals surface area contributed by atoms with E-state index in [0.29, 0.717) is 13.0 Å². The third-order valence-corrected chi connectivity index (χ3v) is 3.93. The van der Waals surface area contributed by atoms with E-state index in [4.69, 9.17) is 16.3 Å². The minimum Gasteiger partial charge on any atom is -0.468 e. The summed E-state index contributed by atoms with van der Waals surface area (Å²) in [6.45, 7) is 0.629. The average molecular weight is 342 g/mol. The topological polar surface area (TPSA) is 102 Å². The first-order valence-corrected chi connectivity index (χ1v) is 7.36. The molecule has 0 bridgehead atoms. The van der Waals surface area contributed by atoms with E-state index in [9.17, 15) is 19.7 Å². The number of carbonyl (C=O) groups is 2. The van der Waals surface area contributed by atoms with Crippen molar-refractivity contribution in [3.8, 4) is 0 Å². The van der Waals surface area contributed by atoms with Crippen LogP contribution in [0.3, 0.4) is 0 Å². The molecule has 1 saturated heterocycles. The van der Waals surface area contributed by atoms with Crippen LogP contribution in [0.5, 0.6) is 0 Å². The van der Waals surface area contributed by atoms with Gasteiger partial charge in [-0.25, -0.2) is 0 Å². The molecule has 1 amide bonds. The fraction of sp³-hybridized carbons (Fsp3) is 0.429. The van der Waals surface area contributed by atoms with E-state index in [-0.39, 0.29) is 34.8 Å². The number of ether oxygens (including phenoxy) is 1. The lowest BCUT2D eigenvalue weighted by Crippen LogP contribution is -2.41. The van der Waals surface area contributed by atoms with Gasteiger partial charge in [0.15, 0.2) is 0 Å². The highest BCUT2D eigenvalue weighted by atomic mass is 35.5. The number of esters is 1. The molecule has 0 spiro atoms. The molecule has 0 saturated carbocycles. The Morgan fingerprint density at radius 3 is 2.91 bits per heavy atom. The van der Waals surface area contributed by atoms with Crippen molar-refractivity contribution >= 4 is 34.9 Å². The van der Waals surface area contributed by atoms with Crippen molar-refractivity contribution in [2.24, 2.45) is 0 Å². The summed E-state index contributed by atoms with van der Waals surface area (Å²) in [5.41, 5.74) is -0.00186. The van der Waals surface area contributed by atoms with Crippen LogP contribution in [0.1, 0.15) is 12.8 Å². The van der Waals surface area contributed by atoms with Gasteiger partial charge >= 0.3 is 5.97 Å². The monoisotopic (exact) mass is 341 g/mol. The molecule has 1 fully saturated rings. The third-order valence-electron chi connectivity index (χ3n) is 3.61. The molecule has 0 aliphatic carbocycles. The molecule has 1 unspecified atom stereocenters. The van der Waals surface area contributed by atoms with E-state index in [1.807, 2.05) is 0 Å². The first kappa shape index (κ1) is 17.2. The van der Waals surface area contributed by atoms with Gasteiger partial charge in [0.25, 0.3) is 5.69 Å². The van der Waals surface area contributed by atoms with Crippen LogP contribution in [-0.2, 0) is 14.3 Å². The molecule has 1 aromatic rings. The van der Waals surface area contributed by atoms with Crippen LogP contribution in [0.25, 0.3) is 0 Å². The number of nitrogens with one attached hydrogen (secondary N) is 1. The maximum absolute atomic E-state index is 12.1. The van der Waals surface area contributed by atoms with E-state index in [0.717, 1.165) is 6.42 Å². The first-order chi connectivity index (χ1) is 10.9. The molecule has 8 nitrogen and oxygen atoms in total. The lowest BCUT2D eigenvalue weighted by Gasteiger charge is -2.21. The molecule has 1 aromatic carbocycles. The molecule has 1 aliphatic rings. The molecule has 1 atom stereocenters. The van der Waals surface area contributed by atoms with Crippen molar-refractivity contribution < 1.29 is 19.2 Å². The van der Waals surface area contributed by atoms with E-state index >= 15 is 0 Å². The number of nitrogens with zero attached hydrogens (tertiary/aromatic N) is 2. The first-order valence-electron chi connectivity index (χ1n) is 6.98. The predicted molar refractivity (Wildman–Crippen MR) is 83.3 cm³/mol. The quantitative estimate of drug-likeness (QED) is 0.498. The van der Waals surface area contributed by atoms with Crippen LogP contribution in [0.2, 0.25) is 5.02 Å². The molecule has 1 heterocycles. The van der Waals surface area contributed by atoms with Gasteiger partial charge < -0.3 is 10.1 Å². The molecule has 0 radical (unpaired) electrons. The van der Waals surface area contributed by atoms with Crippen molar-refractivity contribution in [1.82, 2.24) is 4.90 Å². The van der Waals surface area contributed by atoms with Gasteiger partial charge in [0.1, 0.15) is 11.1 Å². The maximum Gasteiger partial charge on any atom is 0.323 e. The zero-order valence-electron chi connectivity index (χ0n) is 12.5. The highest BCUT2D eigenvalue weighted by Crippen LogP contribution is 2.27. The number of halogens is 1. The lowest BCUT2D eigenvalue weighted by atomic mass is 10.2. The molecule has 1 aliphatic heterocycles. The molecule has 23 heavy (non-hydrogen) atoms. The van der Waals surface area contributed by atoms with Crippen molar-refractivity contribution in [1.29, 1.82) is 0 Å². The van der Waals surface area contributed by atoms with E-state index < -0.39 is 11.0 Å². The second-order valence-electron chi connectivity index (χ2n) is 5.12. The summed E-state index contributed by atoms with van der Waals surface area (Å²) < 4.78 is 4.72. The fourth-order valence-corrected chi connectivity index (χ4v) is 2.72. The molecular formula is C14H16ClN3O5. The number of hydrogen-bond acceptors (Lipinski definition) is 6. The Hall–Kier alpha value is -2.19. The fourth-order valence-electron chi connectivity index (χ4n) is 2.53. The molecule has 2 rings (SSSR count). The molecule has 1 N–H and O–H groups in total. The average Bonchev–Trinajstić information content (AvgIpc) is 2.96. The Morgan fingerprint density at radius 2 is 2.26 bits per heavy atom. The van der Waals surface area contributed by atoms with Gasteiger partial charge in [0, 0.05) is 11.8 Å². The van der Waals surface area contributed by atoms with Crippen molar-refractivity contribution in [3.63, 3.8) is 0 Å². The largest absolute Gasteiger partial charge is 0.468 e. The number of hydrogen-bond donors (Lipinski definition) is 1. The molecule has 124 valence electrons. The summed E-state index contributed by atoms with van der Waals surface area (Å²) in [5.74, 6) is -0.727. The van der Waals surface area contributed by atoms with Gasteiger partial charge in [-0.1, -0.05) is 11.6 Å². The smallest absolute Gasteiger partial charge is 0.323 e. The Labute approximate surface area is 137 Å². The predicted octanol–water partition coefficient (Wildman–Crippen LogP) is 1.82. The second kappa shape index (κ2) is 7.38. The number of methoxy groups -OCH3 is 1. The van der Waals surface area contributed by atoms with E-state index in [1.54, 1.807) is 4.90 Å². The van der Waals surface area contributed by atoms with Crippen molar-refractivity contribution in [3.05, 3.63) is 33.3 Å². The van der Waals surface area contributed by atoms with Crippen molar-refractivity contribution in [2.45, 2.75) is 18.9 Å². The summed E-state index contributed by atoms with van der Waals surface area (Å²) in [4.78, 5) is 35.7. The van der Waals surface area contributed by atoms with Crippen molar-refractivity contribution in [2.75, 3.05) is 25.5 Å². The number of benzene rings is 1. The van der Waals surface area contributed by atoms with Crippen LogP contribution in [0.15, 0.2) is 18.2 Å². The van der Waals surface area contributed by atoms with Gasteiger partial charge in [0.05, 0.1) is 18.6 Å². The Kier molecular flexibility index (Phi) is 5.51. The number of nitro benzene ring substituents is 1. The number of likely N-dealkylation sites (tertiary alicyclic amines) is 1. The normalized spacial score (nSPS) is 17.7. The lowest BCUT2D eigenvalue weighted by molar-refractivity contribution is -0.384. The summed E-state index contributed by atoms with van der Waals surface area (Å²) in [5, 5.41) is 13.4. The van der Waals surface area contributed by atoms with Gasteiger partial charge in [0.2, 0.25) is 5.91 Å². The molecule has 9 heteroatoms. The number of carbonyl (C=O) groups excluding carboxylic acids is 2. The van der Waals surface area contributed by atoms with E-state index in [1.165, 1.54) is 25.3 Å². The number of anilines is 1. The second-order valence-corrected chi connectivity index (χ2v) is 5.53. The van der Waals surface area contributed by atoms with Gasteiger partial charge in [-0.15, -0.1) is 0 Å². The highest BCUT2D eigenvalue weighted by molar-refractivity contribution is 6.32. The standard InChI is InChI=1S/C14H16ClN3O5/c1-23-14(20)11-3-2-6-17(11)8-13(19)16-9-4-5-10(15)12(7-9)18(21)22/h4-5,7,11H,2-3,6,8H2,1H3,(H,16,19). The number of nitro groups is 1. The maximum atomic E-state index is 12.1. The van der Waals surface area contributed by atoms with Crippen LogP contribution in [-0.4, -0.2) is 47.9 Å². The zero-order chi connectivity index (χ0) is 17.0. The van der Waals surface area contributed by atoms with Crippen LogP contribution in [0, 0.1) is 10.1 Å². The van der Waals surface area contributed by atoms with Crippen LogP contribution >= 0.6 is 11.6 Å². The van der Waals surface area contributed by atoms with Crippen LogP contribution in [0.4, 0.5) is 11.4 Å². The summed E-state index contributed by atoms with van der Waals surface area (Å²) >= 11 is 5.72. The highest BCUT2D eigenvalue weighted by Gasteiger charge is 2.32. The Morgan fingerprint density at radius 1 is 1.52 bits per heavy atom. The summed E-state index contributed by atoms with van der Waals surface area (Å²) in [6.07, 6.45) is 1.45. The SMILES string of the molecule is COC(=O)C1CCCN1CC(=O)Nc1ccc(Cl)c([N+](=O)[O-])c1. The summed E-state index contributed by atoms with van der Waals surface area (Å²) in [7, 11) is 1.31. The molecule has 0 aromatic heterocycles. The zero-order valence-corrected chi connectivity index (χ0v) is 13.2. The van der Waals surface area contributed by atoms with Gasteiger partial charge in [-0.2, -0.15) is 0 Å². The van der Waals surface area contributed by atoms with Gasteiger partial charge in [-0.05, 0) is 31.5 Å². The Bertz CT molecular complexity index is 637. The third kappa shape index (κ3) is 4.17. The number of amides is 1.